The number of nitrogens with zero attached hydrogens (tertiary/aromatic N) is 1. The zero-order valence-corrected chi connectivity index (χ0v) is 11.9. The van der Waals surface area contributed by atoms with E-state index in [1.54, 1.807) is 7.05 Å². The second-order valence-corrected chi connectivity index (χ2v) is 7.44. The predicted octanol–water partition coefficient (Wildman–Crippen LogP) is -0.443. The molecule has 7 heteroatoms. The van der Waals surface area contributed by atoms with Gasteiger partial charge in [-0.1, -0.05) is 13.8 Å². The Labute approximate surface area is 108 Å². The molecular formula is C11H22N2O4S. The van der Waals surface area contributed by atoms with Crippen LogP contribution in [0.4, 0.5) is 0 Å². The summed E-state index contributed by atoms with van der Waals surface area (Å²) in [5, 5.41) is 12.1. The Hall–Kier alpha value is -0.660. The van der Waals surface area contributed by atoms with E-state index in [4.69, 9.17) is 5.11 Å². The molecule has 1 aliphatic rings. The molecule has 6 nitrogen and oxygen atoms in total. The molecule has 0 aromatic heterocycles. The molecule has 18 heavy (non-hydrogen) atoms. The first-order valence-electron chi connectivity index (χ1n) is 6.11. The van der Waals surface area contributed by atoms with Crippen LogP contribution in [-0.2, 0) is 14.6 Å². The van der Waals surface area contributed by atoms with Crippen LogP contribution in [0.1, 0.15) is 20.3 Å². The van der Waals surface area contributed by atoms with Gasteiger partial charge in [0.15, 0.2) is 9.84 Å². The molecule has 1 fully saturated rings. The lowest BCUT2D eigenvalue weighted by Crippen LogP contribution is -2.50. The van der Waals surface area contributed by atoms with Crippen LogP contribution in [0.2, 0.25) is 0 Å². The quantitative estimate of drug-likeness (QED) is 0.685. The Bertz CT molecular complexity index is 394. The highest BCUT2D eigenvalue weighted by atomic mass is 32.2. The van der Waals surface area contributed by atoms with E-state index >= 15 is 0 Å². The van der Waals surface area contributed by atoms with Crippen LogP contribution < -0.4 is 5.32 Å². The predicted molar refractivity (Wildman–Crippen MR) is 69.4 cm³/mol. The monoisotopic (exact) mass is 278 g/mol. The van der Waals surface area contributed by atoms with Gasteiger partial charge in [-0.05, 0) is 13.5 Å². The number of aliphatic carboxylic acids is 1. The third kappa shape index (κ3) is 4.55. The van der Waals surface area contributed by atoms with E-state index < -0.39 is 21.8 Å². The van der Waals surface area contributed by atoms with Crippen molar-refractivity contribution >= 4 is 15.8 Å². The van der Waals surface area contributed by atoms with E-state index in [-0.39, 0.29) is 23.6 Å². The summed E-state index contributed by atoms with van der Waals surface area (Å²) < 4.78 is 22.8. The van der Waals surface area contributed by atoms with Crippen LogP contribution in [0.15, 0.2) is 0 Å². The smallest absolute Gasteiger partial charge is 0.322 e. The molecule has 1 heterocycles. The van der Waals surface area contributed by atoms with E-state index in [0.29, 0.717) is 13.0 Å². The van der Waals surface area contributed by atoms with Crippen molar-refractivity contribution in [1.29, 1.82) is 0 Å². The highest BCUT2D eigenvalue weighted by Gasteiger charge is 2.32. The van der Waals surface area contributed by atoms with Gasteiger partial charge in [-0.25, -0.2) is 8.42 Å². The normalized spacial score (nSPS) is 24.6. The molecule has 0 bridgehead atoms. The van der Waals surface area contributed by atoms with Crippen LogP contribution in [0.25, 0.3) is 0 Å². The van der Waals surface area contributed by atoms with Crippen molar-refractivity contribution in [3.63, 3.8) is 0 Å². The van der Waals surface area contributed by atoms with Crippen LogP contribution in [-0.4, -0.2) is 67.6 Å². The third-order valence-electron chi connectivity index (χ3n) is 3.13. The lowest BCUT2D eigenvalue weighted by atomic mass is 10.2. The summed E-state index contributed by atoms with van der Waals surface area (Å²) in [5.41, 5.74) is 0. The van der Waals surface area contributed by atoms with Crippen LogP contribution >= 0.6 is 0 Å². The first-order chi connectivity index (χ1) is 8.21. The van der Waals surface area contributed by atoms with Crippen molar-refractivity contribution in [3.8, 4) is 0 Å². The van der Waals surface area contributed by atoms with Crippen LogP contribution in [0.5, 0.6) is 0 Å². The van der Waals surface area contributed by atoms with Crippen molar-refractivity contribution in [3.05, 3.63) is 0 Å². The van der Waals surface area contributed by atoms with Crippen molar-refractivity contribution in [2.24, 2.45) is 0 Å². The molecule has 1 aliphatic heterocycles. The number of likely N-dealkylation sites (N-methyl/N-ethyl adjacent to an activating group) is 1. The number of carbonyl (C=O) groups is 1. The maximum Gasteiger partial charge on any atom is 0.322 e. The number of rotatable bonds is 6. The van der Waals surface area contributed by atoms with Gasteiger partial charge in [0, 0.05) is 18.6 Å². The fraction of sp³-hybridized carbons (Fsp3) is 0.909. The number of nitrogens with one attached hydrogen (secondary N) is 1. The lowest BCUT2D eigenvalue weighted by Gasteiger charge is -2.27. The van der Waals surface area contributed by atoms with E-state index in [0.717, 1.165) is 0 Å². The topological polar surface area (TPSA) is 86.7 Å². The van der Waals surface area contributed by atoms with Gasteiger partial charge in [0.1, 0.15) is 6.04 Å². The molecule has 0 aliphatic carbocycles. The minimum Gasteiger partial charge on any atom is -0.480 e. The van der Waals surface area contributed by atoms with E-state index in [9.17, 15) is 13.2 Å². The Kier molecular flexibility index (Phi) is 5.12. The second-order valence-electron chi connectivity index (χ2n) is 5.21. The lowest BCUT2D eigenvalue weighted by molar-refractivity contribution is -0.140. The first kappa shape index (κ1) is 15.4. The van der Waals surface area contributed by atoms with Crippen molar-refractivity contribution in [1.82, 2.24) is 10.2 Å². The summed E-state index contributed by atoms with van der Waals surface area (Å²) >= 11 is 0. The molecule has 0 spiro atoms. The fourth-order valence-corrected chi connectivity index (χ4v) is 3.97. The molecule has 0 saturated carbocycles. The van der Waals surface area contributed by atoms with Gasteiger partial charge in [0.25, 0.3) is 0 Å². The number of carboxylic acid groups (broad SMARTS) is 1. The van der Waals surface area contributed by atoms with Crippen molar-refractivity contribution in [2.45, 2.75) is 38.4 Å². The molecule has 0 aromatic rings. The zero-order valence-electron chi connectivity index (χ0n) is 11.1. The number of hydrogen-bond acceptors (Lipinski definition) is 5. The van der Waals surface area contributed by atoms with Crippen LogP contribution in [0, 0.1) is 0 Å². The SMILES string of the molecule is CC(C)NC(CN(C)C1CCS(=O)(=O)C1)C(=O)O. The molecular weight excluding hydrogens is 256 g/mol. The zero-order chi connectivity index (χ0) is 13.9. The molecule has 1 saturated heterocycles. The van der Waals surface area contributed by atoms with E-state index in [2.05, 4.69) is 5.32 Å². The number of hydrogen-bond donors (Lipinski definition) is 2. The highest BCUT2D eigenvalue weighted by Crippen LogP contribution is 2.16. The minimum absolute atomic E-state index is 0.0641. The van der Waals surface area contributed by atoms with Crippen LogP contribution in [0.3, 0.4) is 0 Å². The number of sulfone groups is 1. The van der Waals surface area contributed by atoms with Gasteiger partial charge in [-0.15, -0.1) is 0 Å². The molecule has 2 unspecified atom stereocenters. The van der Waals surface area contributed by atoms with Gasteiger partial charge >= 0.3 is 5.97 Å². The van der Waals surface area contributed by atoms with Gasteiger partial charge in [0.05, 0.1) is 11.5 Å². The maximum atomic E-state index is 11.4. The summed E-state index contributed by atoms with van der Waals surface area (Å²) in [6.07, 6.45) is 0.590. The molecule has 2 atom stereocenters. The Morgan fingerprint density at radius 3 is 2.50 bits per heavy atom. The molecule has 1 rings (SSSR count). The standard InChI is InChI=1S/C11H22N2O4S/c1-8(2)12-10(11(14)15)6-13(3)9-4-5-18(16,17)7-9/h8-10,12H,4-7H2,1-3H3,(H,14,15). The van der Waals surface area contributed by atoms with Gasteiger partial charge in [-0.2, -0.15) is 0 Å². The van der Waals surface area contributed by atoms with Gasteiger partial charge in [-0.3, -0.25) is 4.79 Å². The van der Waals surface area contributed by atoms with Gasteiger partial charge in [0.2, 0.25) is 0 Å². The number of carboxylic acids is 1. The van der Waals surface area contributed by atoms with E-state index in [1.807, 2.05) is 18.7 Å². The summed E-state index contributed by atoms with van der Waals surface area (Å²) in [7, 11) is -1.15. The average molecular weight is 278 g/mol. The van der Waals surface area contributed by atoms with Crippen molar-refractivity contribution < 1.29 is 18.3 Å². The second kappa shape index (κ2) is 5.99. The summed E-state index contributed by atoms with van der Waals surface area (Å²) in [6.45, 7) is 4.08. The summed E-state index contributed by atoms with van der Waals surface area (Å²) in [6, 6.07) is -0.657. The third-order valence-corrected chi connectivity index (χ3v) is 4.89. The Balaban J connectivity index is 2.56. The highest BCUT2D eigenvalue weighted by molar-refractivity contribution is 7.91. The van der Waals surface area contributed by atoms with Crippen molar-refractivity contribution in [2.75, 3.05) is 25.1 Å². The molecule has 0 amide bonds. The Morgan fingerprint density at radius 2 is 2.11 bits per heavy atom. The Morgan fingerprint density at radius 1 is 1.50 bits per heavy atom. The molecule has 0 aromatic carbocycles. The molecule has 2 N–H and O–H groups in total. The summed E-state index contributed by atoms with van der Waals surface area (Å²) in [5.74, 6) is -0.564. The van der Waals surface area contributed by atoms with E-state index in [1.165, 1.54) is 0 Å². The summed E-state index contributed by atoms with van der Waals surface area (Å²) in [4.78, 5) is 12.9. The largest absolute Gasteiger partial charge is 0.480 e. The molecule has 106 valence electrons. The molecule has 0 radical (unpaired) electrons. The minimum atomic E-state index is -2.93. The average Bonchev–Trinajstić information content (AvgIpc) is 2.57. The maximum absolute atomic E-state index is 11.4. The van der Waals surface area contributed by atoms with Gasteiger partial charge < -0.3 is 15.3 Å². The fourth-order valence-electron chi connectivity index (χ4n) is 2.16. The first-order valence-corrected chi connectivity index (χ1v) is 7.93.